The van der Waals surface area contributed by atoms with Gasteiger partial charge in [0.05, 0.1) is 0 Å². The zero-order valence-corrected chi connectivity index (χ0v) is 11.8. The largest absolute Gasteiger partial charge is 0.336 e. The molecule has 1 aromatic carbocycles. The normalized spacial score (nSPS) is 14.4. The number of amides is 1. The van der Waals surface area contributed by atoms with Crippen LogP contribution in [0.3, 0.4) is 0 Å². The minimum atomic E-state index is 0.190. The van der Waals surface area contributed by atoms with Crippen molar-refractivity contribution in [1.82, 2.24) is 4.90 Å². The van der Waals surface area contributed by atoms with Crippen LogP contribution in [0.2, 0.25) is 0 Å². The van der Waals surface area contributed by atoms with Crippen molar-refractivity contribution in [2.45, 2.75) is 45.1 Å². The Morgan fingerprint density at radius 2 is 2.21 bits per heavy atom. The van der Waals surface area contributed by atoms with Crippen molar-refractivity contribution in [1.29, 1.82) is 0 Å². The maximum absolute atomic E-state index is 12.6. The zero-order valence-electron chi connectivity index (χ0n) is 11.8. The van der Waals surface area contributed by atoms with E-state index in [1.807, 2.05) is 24.3 Å². The standard InChI is InChI=1S/C16H24N2O/c1-2-3-11-18(15-7-8-15)16(19)14-6-4-5-13(12-14)9-10-17/h4-6,12,15H,2-3,7-11,17H2,1H3. The fraction of sp³-hybridized carbons (Fsp3) is 0.562. The van der Waals surface area contributed by atoms with Crippen molar-refractivity contribution >= 4 is 5.91 Å². The van der Waals surface area contributed by atoms with Crippen LogP contribution in [-0.4, -0.2) is 29.9 Å². The molecule has 104 valence electrons. The third-order valence-electron chi connectivity index (χ3n) is 3.61. The van der Waals surface area contributed by atoms with Gasteiger partial charge in [0.1, 0.15) is 0 Å². The molecule has 1 saturated carbocycles. The van der Waals surface area contributed by atoms with Crippen LogP contribution < -0.4 is 5.73 Å². The van der Waals surface area contributed by atoms with Crippen LogP contribution in [0.1, 0.15) is 48.5 Å². The van der Waals surface area contributed by atoms with Gasteiger partial charge in [0.2, 0.25) is 0 Å². The Bertz CT molecular complexity index is 427. The number of carbonyl (C=O) groups excluding carboxylic acids is 1. The van der Waals surface area contributed by atoms with Gasteiger partial charge in [0.25, 0.3) is 5.91 Å². The molecule has 1 amide bonds. The van der Waals surface area contributed by atoms with E-state index in [-0.39, 0.29) is 5.91 Å². The zero-order chi connectivity index (χ0) is 13.7. The third-order valence-corrected chi connectivity index (χ3v) is 3.61. The number of unbranched alkanes of at least 4 members (excludes halogenated alkanes) is 1. The fourth-order valence-corrected chi connectivity index (χ4v) is 2.36. The molecule has 0 aromatic heterocycles. The van der Waals surface area contributed by atoms with Crippen LogP contribution in [0.4, 0.5) is 0 Å². The van der Waals surface area contributed by atoms with E-state index in [9.17, 15) is 4.79 Å². The SMILES string of the molecule is CCCCN(C(=O)c1cccc(CCN)c1)C1CC1. The lowest BCUT2D eigenvalue weighted by Crippen LogP contribution is -2.34. The summed E-state index contributed by atoms with van der Waals surface area (Å²) in [4.78, 5) is 14.6. The van der Waals surface area contributed by atoms with Crippen LogP contribution in [0.15, 0.2) is 24.3 Å². The molecule has 0 bridgehead atoms. The predicted octanol–water partition coefficient (Wildman–Crippen LogP) is 2.59. The molecular weight excluding hydrogens is 236 g/mol. The maximum Gasteiger partial charge on any atom is 0.254 e. The molecule has 1 aliphatic carbocycles. The summed E-state index contributed by atoms with van der Waals surface area (Å²) in [6.07, 6.45) is 5.38. The van der Waals surface area contributed by atoms with Crippen molar-refractivity contribution < 1.29 is 4.79 Å². The summed E-state index contributed by atoms with van der Waals surface area (Å²) in [5.74, 6) is 0.190. The lowest BCUT2D eigenvalue weighted by Gasteiger charge is -2.22. The summed E-state index contributed by atoms with van der Waals surface area (Å²) in [6, 6.07) is 8.40. The average Bonchev–Trinajstić information content (AvgIpc) is 3.24. The molecule has 2 rings (SSSR count). The molecule has 0 atom stereocenters. The van der Waals surface area contributed by atoms with E-state index in [4.69, 9.17) is 5.73 Å². The molecule has 19 heavy (non-hydrogen) atoms. The summed E-state index contributed by atoms with van der Waals surface area (Å²) in [7, 11) is 0. The van der Waals surface area contributed by atoms with Gasteiger partial charge < -0.3 is 10.6 Å². The van der Waals surface area contributed by atoms with Crippen LogP contribution in [0.25, 0.3) is 0 Å². The number of benzene rings is 1. The summed E-state index contributed by atoms with van der Waals surface area (Å²) >= 11 is 0. The van der Waals surface area contributed by atoms with E-state index in [0.29, 0.717) is 12.6 Å². The van der Waals surface area contributed by atoms with Gasteiger partial charge in [-0.2, -0.15) is 0 Å². The Kier molecular flexibility index (Phi) is 4.97. The molecule has 3 heteroatoms. The van der Waals surface area contributed by atoms with Crippen molar-refractivity contribution in [2.75, 3.05) is 13.1 Å². The second-order valence-electron chi connectivity index (χ2n) is 5.32. The highest BCUT2D eigenvalue weighted by Gasteiger charge is 2.32. The van der Waals surface area contributed by atoms with E-state index in [2.05, 4.69) is 11.8 Å². The van der Waals surface area contributed by atoms with Gasteiger partial charge >= 0.3 is 0 Å². The molecule has 1 fully saturated rings. The highest BCUT2D eigenvalue weighted by Crippen LogP contribution is 2.28. The minimum Gasteiger partial charge on any atom is -0.336 e. The Hall–Kier alpha value is -1.35. The van der Waals surface area contributed by atoms with Crippen molar-refractivity contribution in [3.8, 4) is 0 Å². The Morgan fingerprint density at radius 3 is 2.84 bits per heavy atom. The summed E-state index contributed by atoms with van der Waals surface area (Å²) in [5.41, 5.74) is 7.54. The van der Waals surface area contributed by atoms with E-state index in [1.54, 1.807) is 0 Å². The average molecular weight is 260 g/mol. The lowest BCUT2D eigenvalue weighted by atomic mass is 10.1. The smallest absolute Gasteiger partial charge is 0.254 e. The molecule has 0 heterocycles. The monoisotopic (exact) mass is 260 g/mol. The Morgan fingerprint density at radius 1 is 1.42 bits per heavy atom. The number of hydrogen-bond donors (Lipinski definition) is 1. The molecule has 1 aliphatic rings. The van der Waals surface area contributed by atoms with Gasteiger partial charge in [-0.3, -0.25) is 4.79 Å². The van der Waals surface area contributed by atoms with Crippen LogP contribution >= 0.6 is 0 Å². The summed E-state index contributed by atoms with van der Waals surface area (Å²) in [5, 5.41) is 0. The molecule has 0 spiro atoms. The van der Waals surface area contributed by atoms with Gasteiger partial charge in [-0.05, 0) is 49.9 Å². The first-order chi connectivity index (χ1) is 9.26. The first-order valence-corrected chi connectivity index (χ1v) is 7.36. The first-order valence-electron chi connectivity index (χ1n) is 7.36. The topological polar surface area (TPSA) is 46.3 Å². The summed E-state index contributed by atoms with van der Waals surface area (Å²) in [6.45, 7) is 3.68. The molecule has 0 aliphatic heterocycles. The lowest BCUT2D eigenvalue weighted by molar-refractivity contribution is 0.0740. The first kappa shape index (κ1) is 14.1. The molecule has 3 nitrogen and oxygen atoms in total. The molecule has 0 radical (unpaired) electrons. The second-order valence-corrected chi connectivity index (χ2v) is 5.32. The quantitative estimate of drug-likeness (QED) is 0.819. The number of hydrogen-bond acceptors (Lipinski definition) is 2. The Labute approximate surface area is 115 Å². The number of carbonyl (C=O) groups is 1. The van der Waals surface area contributed by atoms with Crippen molar-refractivity contribution in [3.63, 3.8) is 0 Å². The van der Waals surface area contributed by atoms with Gasteiger partial charge in [-0.1, -0.05) is 25.5 Å². The van der Waals surface area contributed by atoms with Crippen LogP contribution in [0.5, 0.6) is 0 Å². The van der Waals surface area contributed by atoms with Crippen molar-refractivity contribution in [3.05, 3.63) is 35.4 Å². The van der Waals surface area contributed by atoms with Crippen molar-refractivity contribution in [2.24, 2.45) is 5.73 Å². The second kappa shape index (κ2) is 6.71. The van der Waals surface area contributed by atoms with Gasteiger partial charge in [-0.15, -0.1) is 0 Å². The molecular formula is C16H24N2O. The minimum absolute atomic E-state index is 0.190. The number of nitrogens with zero attached hydrogens (tertiary/aromatic N) is 1. The number of nitrogens with two attached hydrogens (primary N) is 1. The van der Waals surface area contributed by atoms with Crippen LogP contribution in [0, 0.1) is 0 Å². The van der Waals surface area contributed by atoms with E-state index in [1.165, 1.54) is 0 Å². The molecule has 0 saturated heterocycles. The maximum atomic E-state index is 12.6. The molecule has 0 unspecified atom stereocenters. The molecule has 2 N–H and O–H groups in total. The van der Waals surface area contributed by atoms with Gasteiger partial charge in [0.15, 0.2) is 0 Å². The fourth-order valence-electron chi connectivity index (χ4n) is 2.36. The highest BCUT2D eigenvalue weighted by atomic mass is 16.2. The number of rotatable bonds is 7. The Balaban J connectivity index is 2.09. The van der Waals surface area contributed by atoms with Gasteiger partial charge in [0, 0.05) is 18.2 Å². The summed E-state index contributed by atoms with van der Waals surface area (Å²) < 4.78 is 0. The van der Waals surface area contributed by atoms with E-state index >= 15 is 0 Å². The third kappa shape index (κ3) is 3.80. The van der Waals surface area contributed by atoms with Crippen LogP contribution in [-0.2, 0) is 6.42 Å². The molecule has 1 aromatic rings. The van der Waals surface area contributed by atoms with E-state index < -0.39 is 0 Å². The van der Waals surface area contributed by atoms with E-state index in [0.717, 1.165) is 49.8 Å². The van der Waals surface area contributed by atoms with Gasteiger partial charge in [-0.25, -0.2) is 0 Å². The highest BCUT2D eigenvalue weighted by molar-refractivity contribution is 5.94. The predicted molar refractivity (Wildman–Crippen MR) is 78.2 cm³/mol.